The van der Waals surface area contributed by atoms with E-state index < -0.39 is 0 Å². The van der Waals surface area contributed by atoms with Gasteiger partial charge in [-0.1, -0.05) is 225 Å². The van der Waals surface area contributed by atoms with E-state index in [2.05, 4.69) is 225 Å². The Morgan fingerprint density at radius 3 is 1.11 bits per heavy atom. The Balaban J connectivity index is 0.000000188. The molecule has 0 saturated heterocycles. The zero-order chi connectivity index (χ0) is 48.7. The summed E-state index contributed by atoms with van der Waals surface area (Å²) in [6.07, 6.45) is 20.7. The quantitative estimate of drug-likeness (QED) is 0.122. The fourth-order valence-electron chi connectivity index (χ4n) is 9.11. The second kappa shape index (κ2) is 22.6. The van der Waals surface area contributed by atoms with Crippen LogP contribution in [0.15, 0.2) is 203 Å². The average molecular weight is 970 g/mol. The van der Waals surface area contributed by atoms with E-state index in [0.29, 0.717) is 23.7 Å². The molecule has 8 aromatic rings. The van der Waals surface area contributed by atoms with Gasteiger partial charge in [-0.15, -0.1) is 22.8 Å². The second-order valence-electron chi connectivity index (χ2n) is 19.5. The van der Waals surface area contributed by atoms with E-state index in [1.54, 1.807) is 0 Å². The third kappa shape index (κ3) is 11.7. The number of hydrogen-bond acceptors (Lipinski definition) is 2. The van der Waals surface area contributed by atoms with Crippen molar-refractivity contribution in [2.24, 2.45) is 9.98 Å². The molecule has 0 N–H and O–H groups in total. The smallest absolute Gasteiger partial charge is 0.656 e. The Labute approximate surface area is 431 Å². The molecule has 355 valence electrons. The summed E-state index contributed by atoms with van der Waals surface area (Å²) in [5, 5.41) is 4.70. The third-order valence-electron chi connectivity index (χ3n) is 13.0. The predicted octanol–water partition coefficient (Wildman–Crippen LogP) is 17.5. The molecular formula is C66H62CoN4. The SMILES string of the molecule is CC(C)c1ccc(-c2[n-]c(/C=C3/C=CC(/C=C/c4ccccc4)=N3)c3ccccc23)c(C(C)C)c1.CC(C)c1ccc(-c2[n-]c(/C=C3/C=CC(/C=C/c4ccccc4)=N3)c3ccccc23)c(C(C)C)c1.[Co+2]. The maximum Gasteiger partial charge on any atom is 2.00 e. The molecule has 0 unspecified atom stereocenters. The molecule has 0 fully saturated rings. The summed E-state index contributed by atoms with van der Waals surface area (Å²) in [6.45, 7) is 18.0. The van der Waals surface area contributed by atoms with E-state index in [1.165, 1.54) is 55.3 Å². The number of benzene rings is 6. The van der Waals surface area contributed by atoms with E-state index in [0.717, 1.165) is 56.4 Å². The maximum atomic E-state index is 5.16. The minimum Gasteiger partial charge on any atom is -0.656 e. The van der Waals surface area contributed by atoms with Gasteiger partial charge in [0.15, 0.2) is 0 Å². The Hall–Kier alpha value is -7.31. The van der Waals surface area contributed by atoms with Crippen LogP contribution in [0.2, 0.25) is 0 Å². The van der Waals surface area contributed by atoms with Crippen LogP contribution in [0.4, 0.5) is 0 Å². The van der Waals surface area contributed by atoms with Crippen LogP contribution in [0.1, 0.15) is 124 Å². The van der Waals surface area contributed by atoms with Crippen molar-refractivity contribution in [2.75, 3.05) is 0 Å². The molecule has 1 radical (unpaired) electrons. The van der Waals surface area contributed by atoms with Gasteiger partial charge in [0.2, 0.25) is 0 Å². The zero-order valence-corrected chi connectivity index (χ0v) is 43.1. The monoisotopic (exact) mass is 969 g/mol. The number of rotatable bonds is 12. The van der Waals surface area contributed by atoms with Crippen molar-refractivity contribution in [2.45, 2.75) is 79.1 Å². The average Bonchev–Trinajstić information content (AvgIpc) is 4.19. The Bertz CT molecular complexity index is 3190. The van der Waals surface area contributed by atoms with E-state index in [4.69, 9.17) is 20.0 Å². The molecular weight excluding hydrogens is 908 g/mol. The van der Waals surface area contributed by atoms with Gasteiger partial charge in [-0.3, -0.25) is 0 Å². The van der Waals surface area contributed by atoms with Gasteiger partial charge in [0.05, 0.1) is 22.8 Å². The first kappa shape index (κ1) is 50.1. The summed E-state index contributed by atoms with van der Waals surface area (Å²) in [7, 11) is 0. The first-order valence-electron chi connectivity index (χ1n) is 24.8. The van der Waals surface area contributed by atoms with Crippen molar-refractivity contribution >= 4 is 57.3 Å². The molecule has 2 aliphatic rings. The normalized spacial score (nSPS) is 14.6. The van der Waals surface area contributed by atoms with Crippen LogP contribution in [0.3, 0.4) is 0 Å². The summed E-state index contributed by atoms with van der Waals surface area (Å²) in [4.78, 5) is 19.9. The first-order valence-corrected chi connectivity index (χ1v) is 24.8. The Kier molecular flexibility index (Phi) is 16.0. The number of hydrogen-bond donors (Lipinski definition) is 0. The van der Waals surface area contributed by atoms with Crippen LogP contribution in [0, 0.1) is 0 Å². The molecule has 4 nitrogen and oxygen atoms in total. The van der Waals surface area contributed by atoms with Gasteiger partial charge >= 0.3 is 16.8 Å². The van der Waals surface area contributed by atoms with E-state index in [1.807, 2.05) is 36.4 Å². The first-order chi connectivity index (χ1) is 34.0. The number of aromatic nitrogens is 2. The van der Waals surface area contributed by atoms with Gasteiger partial charge in [0, 0.05) is 0 Å². The number of aliphatic imine (C=N–C) groups is 2. The fraction of sp³-hybridized carbons (Fsp3) is 0.182. The largest absolute Gasteiger partial charge is 2.00 e. The molecule has 0 saturated carbocycles. The van der Waals surface area contributed by atoms with Gasteiger partial charge < -0.3 is 9.97 Å². The Morgan fingerprint density at radius 1 is 0.380 bits per heavy atom. The molecule has 6 aromatic carbocycles. The van der Waals surface area contributed by atoms with Crippen molar-refractivity contribution in [3.8, 4) is 22.5 Å². The molecule has 0 atom stereocenters. The Morgan fingerprint density at radius 2 is 0.746 bits per heavy atom. The standard InChI is InChI=1S/2C33H31N2.Co/c2*1-22(2)25-15-19-30(31(20-25)23(3)4)33-29-13-9-8-12-28(29)32(35-33)21-27-18-17-26(34-27)16-14-24-10-6-5-7-11-24;/h2*5-23H,1-4H3;/q2*-1;+2/b2*16-14+,27-21-;. The van der Waals surface area contributed by atoms with Crippen molar-refractivity contribution in [3.63, 3.8) is 0 Å². The molecule has 10 rings (SSSR count). The summed E-state index contributed by atoms with van der Waals surface area (Å²) >= 11 is 0. The molecule has 0 spiro atoms. The van der Waals surface area contributed by atoms with Crippen molar-refractivity contribution in [3.05, 3.63) is 238 Å². The van der Waals surface area contributed by atoms with Crippen LogP contribution in [0.5, 0.6) is 0 Å². The molecule has 0 bridgehead atoms. The summed E-state index contributed by atoms with van der Waals surface area (Å²) in [5.74, 6) is 1.84. The van der Waals surface area contributed by atoms with E-state index in [9.17, 15) is 0 Å². The molecule has 4 heterocycles. The number of allylic oxidation sites excluding steroid dienone is 6. The minimum atomic E-state index is 0. The number of fused-ring (bicyclic) bond motifs is 2. The summed E-state index contributed by atoms with van der Waals surface area (Å²) < 4.78 is 0. The fourth-order valence-corrected chi connectivity index (χ4v) is 9.11. The molecule has 2 aromatic heterocycles. The zero-order valence-electron chi connectivity index (χ0n) is 42.1. The minimum absolute atomic E-state index is 0. The van der Waals surface area contributed by atoms with Crippen LogP contribution in [-0.2, 0) is 16.8 Å². The van der Waals surface area contributed by atoms with Crippen molar-refractivity contribution in [1.82, 2.24) is 9.97 Å². The van der Waals surface area contributed by atoms with Gasteiger partial charge in [-0.25, -0.2) is 9.98 Å². The van der Waals surface area contributed by atoms with Crippen LogP contribution < -0.4 is 9.97 Å². The van der Waals surface area contributed by atoms with Crippen molar-refractivity contribution < 1.29 is 16.8 Å². The van der Waals surface area contributed by atoms with Crippen molar-refractivity contribution in [1.29, 1.82) is 0 Å². The van der Waals surface area contributed by atoms with Crippen LogP contribution in [0.25, 0.3) is 68.4 Å². The maximum absolute atomic E-state index is 5.16. The second-order valence-corrected chi connectivity index (χ2v) is 19.5. The van der Waals surface area contributed by atoms with Crippen LogP contribution >= 0.6 is 0 Å². The molecule has 2 aliphatic heterocycles. The topological polar surface area (TPSA) is 52.9 Å². The predicted molar refractivity (Wildman–Crippen MR) is 302 cm³/mol. The molecule has 0 aliphatic carbocycles. The van der Waals surface area contributed by atoms with Gasteiger partial charge in [0.1, 0.15) is 0 Å². The van der Waals surface area contributed by atoms with Gasteiger partial charge in [-0.2, -0.15) is 0 Å². The van der Waals surface area contributed by atoms with E-state index in [-0.39, 0.29) is 16.8 Å². The number of nitrogens with zero attached hydrogens (tertiary/aromatic N) is 4. The third-order valence-corrected chi connectivity index (χ3v) is 13.0. The van der Waals surface area contributed by atoms with E-state index >= 15 is 0 Å². The van der Waals surface area contributed by atoms with Gasteiger partial charge in [-0.05, 0) is 126 Å². The van der Waals surface area contributed by atoms with Crippen LogP contribution in [-0.4, -0.2) is 11.4 Å². The molecule has 71 heavy (non-hydrogen) atoms. The molecule has 5 heteroatoms. The summed E-state index contributed by atoms with van der Waals surface area (Å²) in [6, 6.07) is 51.4. The summed E-state index contributed by atoms with van der Waals surface area (Å²) in [5.41, 5.74) is 18.0. The van der Waals surface area contributed by atoms with Gasteiger partial charge in [0.25, 0.3) is 0 Å². The molecule has 0 amide bonds.